The van der Waals surface area contributed by atoms with Gasteiger partial charge in [-0.05, 0) is 31.4 Å². The van der Waals surface area contributed by atoms with E-state index in [1.54, 1.807) is 0 Å². The fraction of sp³-hybridized carbons (Fsp3) is 0.471. The first-order valence-corrected chi connectivity index (χ1v) is 8.24. The molecule has 25 heavy (non-hydrogen) atoms. The average molecular weight is 352 g/mol. The Kier molecular flexibility index (Phi) is 5.06. The first-order chi connectivity index (χ1) is 11.9. The molecule has 0 spiro atoms. The normalized spacial score (nSPS) is 21.1. The minimum absolute atomic E-state index is 0.0000180. The zero-order valence-corrected chi connectivity index (χ0v) is 13.5. The average Bonchev–Trinajstić information content (AvgIpc) is 3.03. The van der Waals surface area contributed by atoms with Crippen LogP contribution in [0.3, 0.4) is 0 Å². The van der Waals surface area contributed by atoms with Gasteiger partial charge < -0.3 is 5.32 Å². The SMILES string of the molecule is O=C(Cc1cnn(-c2ccccc2)n1)N[C@H]1CCC[C@@H](C(F)(F)F)C1. The molecule has 0 radical (unpaired) electrons. The van der Waals surface area contributed by atoms with E-state index in [1.165, 1.54) is 11.0 Å². The highest BCUT2D eigenvalue weighted by atomic mass is 19.4. The molecule has 5 nitrogen and oxygen atoms in total. The molecule has 1 fully saturated rings. The highest BCUT2D eigenvalue weighted by Gasteiger charge is 2.42. The molecule has 1 aliphatic carbocycles. The Morgan fingerprint density at radius 1 is 1.24 bits per heavy atom. The molecule has 1 N–H and O–H groups in total. The lowest BCUT2D eigenvalue weighted by Gasteiger charge is -2.30. The third-order valence-corrected chi connectivity index (χ3v) is 4.37. The monoisotopic (exact) mass is 352 g/mol. The Balaban J connectivity index is 1.55. The molecule has 1 saturated carbocycles. The van der Waals surface area contributed by atoms with Gasteiger partial charge in [0, 0.05) is 6.04 Å². The number of hydrogen-bond acceptors (Lipinski definition) is 3. The van der Waals surface area contributed by atoms with E-state index < -0.39 is 18.1 Å². The summed E-state index contributed by atoms with van der Waals surface area (Å²) >= 11 is 0. The molecule has 0 aliphatic heterocycles. The molecule has 0 saturated heterocycles. The molecule has 1 heterocycles. The minimum Gasteiger partial charge on any atom is -0.353 e. The van der Waals surface area contributed by atoms with Gasteiger partial charge in [-0.2, -0.15) is 28.2 Å². The van der Waals surface area contributed by atoms with E-state index in [-0.39, 0.29) is 25.2 Å². The van der Waals surface area contributed by atoms with Gasteiger partial charge in [-0.25, -0.2) is 0 Å². The van der Waals surface area contributed by atoms with Crippen LogP contribution >= 0.6 is 0 Å². The molecule has 8 heteroatoms. The van der Waals surface area contributed by atoms with Crippen LogP contribution in [0.5, 0.6) is 0 Å². The molecule has 0 bridgehead atoms. The number of aromatic nitrogens is 3. The second kappa shape index (κ2) is 7.25. The Bertz CT molecular complexity index is 714. The van der Waals surface area contributed by atoms with Crippen molar-refractivity contribution in [2.75, 3.05) is 0 Å². The van der Waals surface area contributed by atoms with Crippen LogP contribution in [0.15, 0.2) is 36.5 Å². The van der Waals surface area contributed by atoms with Crippen LogP contribution in [0.25, 0.3) is 5.69 Å². The maximum Gasteiger partial charge on any atom is 0.391 e. The fourth-order valence-corrected chi connectivity index (χ4v) is 3.12. The van der Waals surface area contributed by atoms with E-state index >= 15 is 0 Å². The number of hydrogen-bond donors (Lipinski definition) is 1. The van der Waals surface area contributed by atoms with Crippen molar-refractivity contribution in [1.29, 1.82) is 0 Å². The lowest BCUT2D eigenvalue weighted by Crippen LogP contribution is -2.42. The van der Waals surface area contributed by atoms with Gasteiger partial charge in [-0.1, -0.05) is 24.6 Å². The van der Waals surface area contributed by atoms with Gasteiger partial charge in [-0.15, -0.1) is 0 Å². The highest BCUT2D eigenvalue weighted by Crippen LogP contribution is 2.37. The zero-order valence-electron chi connectivity index (χ0n) is 13.5. The number of alkyl halides is 3. The summed E-state index contributed by atoms with van der Waals surface area (Å²) in [5, 5.41) is 11.0. The lowest BCUT2D eigenvalue weighted by atomic mass is 9.85. The van der Waals surface area contributed by atoms with Gasteiger partial charge in [-0.3, -0.25) is 4.79 Å². The molecular weight excluding hydrogens is 333 g/mol. The Labute approximate surface area is 143 Å². The predicted molar refractivity (Wildman–Crippen MR) is 85.0 cm³/mol. The van der Waals surface area contributed by atoms with E-state index in [1.807, 2.05) is 30.3 Å². The number of benzene rings is 1. The van der Waals surface area contributed by atoms with Gasteiger partial charge in [0.05, 0.1) is 29.9 Å². The quantitative estimate of drug-likeness (QED) is 0.920. The van der Waals surface area contributed by atoms with Crippen LogP contribution < -0.4 is 5.32 Å². The zero-order chi connectivity index (χ0) is 17.9. The van der Waals surface area contributed by atoms with E-state index in [9.17, 15) is 18.0 Å². The first kappa shape index (κ1) is 17.4. The maximum absolute atomic E-state index is 12.8. The fourth-order valence-electron chi connectivity index (χ4n) is 3.12. The number of rotatable bonds is 4. The third kappa shape index (κ3) is 4.58. The maximum atomic E-state index is 12.8. The molecule has 3 rings (SSSR count). The standard InChI is InChI=1S/C17H19F3N4O/c18-17(19,20)12-5-4-6-13(9-12)22-16(25)10-14-11-21-24(23-14)15-7-2-1-3-8-15/h1-3,7-8,11-13H,4-6,9-10H2,(H,22,25)/t12-,13+/m1/s1. The number of nitrogens with zero attached hydrogens (tertiary/aromatic N) is 3. The van der Waals surface area contributed by atoms with Crippen LogP contribution in [0.2, 0.25) is 0 Å². The van der Waals surface area contributed by atoms with Crippen molar-refractivity contribution in [3.63, 3.8) is 0 Å². The van der Waals surface area contributed by atoms with Gasteiger partial charge >= 0.3 is 6.18 Å². The largest absolute Gasteiger partial charge is 0.391 e. The number of carbonyl (C=O) groups is 1. The summed E-state index contributed by atoms with van der Waals surface area (Å²) in [7, 11) is 0. The Morgan fingerprint density at radius 3 is 2.72 bits per heavy atom. The van der Waals surface area contributed by atoms with E-state index in [0.29, 0.717) is 18.5 Å². The van der Waals surface area contributed by atoms with E-state index in [0.717, 1.165) is 5.69 Å². The van der Waals surface area contributed by atoms with Crippen molar-refractivity contribution in [2.24, 2.45) is 5.92 Å². The van der Waals surface area contributed by atoms with Crippen LogP contribution in [0.4, 0.5) is 13.2 Å². The Morgan fingerprint density at radius 2 is 2.00 bits per heavy atom. The van der Waals surface area contributed by atoms with Crippen LogP contribution in [0.1, 0.15) is 31.4 Å². The van der Waals surface area contributed by atoms with Gasteiger partial charge in [0.25, 0.3) is 0 Å². The predicted octanol–water partition coefficient (Wildman–Crippen LogP) is 3.05. The second-order valence-corrected chi connectivity index (χ2v) is 6.31. The molecule has 134 valence electrons. The number of carbonyl (C=O) groups excluding carboxylic acids is 1. The molecule has 2 atom stereocenters. The summed E-state index contributed by atoms with van der Waals surface area (Å²) in [4.78, 5) is 13.5. The minimum atomic E-state index is -4.19. The first-order valence-electron chi connectivity index (χ1n) is 8.24. The van der Waals surface area contributed by atoms with Gasteiger partial charge in [0.15, 0.2) is 0 Å². The number of halogens is 3. The summed E-state index contributed by atoms with van der Waals surface area (Å²) in [6, 6.07) is 8.82. The summed E-state index contributed by atoms with van der Waals surface area (Å²) < 4.78 is 38.5. The summed E-state index contributed by atoms with van der Waals surface area (Å²) in [5.41, 5.74) is 1.25. The van der Waals surface area contributed by atoms with Gasteiger partial charge in [0.1, 0.15) is 0 Å². The van der Waals surface area contributed by atoms with Crippen molar-refractivity contribution in [3.8, 4) is 5.69 Å². The lowest BCUT2D eigenvalue weighted by molar-refractivity contribution is -0.184. The van der Waals surface area contributed by atoms with E-state index in [4.69, 9.17) is 0 Å². The molecule has 2 aromatic rings. The van der Waals surface area contributed by atoms with Crippen molar-refractivity contribution in [1.82, 2.24) is 20.3 Å². The molecular formula is C17H19F3N4O. The van der Waals surface area contributed by atoms with Gasteiger partial charge in [0.2, 0.25) is 5.91 Å². The molecule has 0 unspecified atom stereocenters. The summed E-state index contributed by atoms with van der Waals surface area (Å²) in [6.45, 7) is 0. The molecule has 1 amide bonds. The molecule has 1 aromatic heterocycles. The topological polar surface area (TPSA) is 59.8 Å². The van der Waals surface area contributed by atoms with E-state index in [2.05, 4.69) is 15.5 Å². The van der Waals surface area contributed by atoms with Crippen molar-refractivity contribution in [3.05, 3.63) is 42.2 Å². The van der Waals surface area contributed by atoms with Crippen LogP contribution in [-0.2, 0) is 11.2 Å². The summed E-state index contributed by atoms with van der Waals surface area (Å²) in [5.74, 6) is -1.65. The molecule has 1 aromatic carbocycles. The number of nitrogens with one attached hydrogen (secondary N) is 1. The van der Waals surface area contributed by atoms with Crippen LogP contribution in [-0.4, -0.2) is 33.1 Å². The van der Waals surface area contributed by atoms with Crippen molar-refractivity contribution >= 4 is 5.91 Å². The van der Waals surface area contributed by atoms with Crippen molar-refractivity contribution in [2.45, 2.75) is 44.3 Å². The highest BCUT2D eigenvalue weighted by molar-refractivity contribution is 5.78. The third-order valence-electron chi connectivity index (χ3n) is 4.37. The smallest absolute Gasteiger partial charge is 0.353 e. The molecule has 1 aliphatic rings. The Hall–Kier alpha value is -2.38. The van der Waals surface area contributed by atoms with Crippen LogP contribution in [0, 0.1) is 5.92 Å². The summed E-state index contributed by atoms with van der Waals surface area (Å²) in [6.07, 6.45) is -1.56. The second-order valence-electron chi connectivity index (χ2n) is 6.31. The van der Waals surface area contributed by atoms with Crippen molar-refractivity contribution < 1.29 is 18.0 Å². The number of amides is 1. The number of para-hydroxylation sites is 1.